The third-order valence-corrected chi connectivity index (χ3v) is 13.2. The zero-order chi connectivity index (χ0) is 42.1. The van der Waals surface area contributed by atoms with E-state index in [1.807, 2.05) is 0 Å². The molecule has 0 saturated heterocycles. The van der Waals surface area contributed by atoms with E-state index in [2.05, 4.69) is 231 Å². The van der Waals surface area contributed by atoms with Crippen molar-refractivity contribution in [1.29, 1.82) is 0 Å². The predicted molar refractivity (Wildman–Crippen MR) is 264 cm³/mol. The smallest absolute Gasteiger partial charge is 0.235 e. The monoisotopic (exact) mass is 805 g/mol. The number of hydrogen-bond acceptors (Lipinski definition) is 2. The topological polar surface area (TPSA) is 30.7 Å². The first kappa shape index (κ1) is 36.9. The van der Waals surface area contributed by atoms with E-state index in [0.29, 0.717) is 5.95 Å². The molecule has 2 aliphatic rings. The number of fused-ring (bicyclic) bond motifs is 6. The molecule has 0 spiro atoms. The van der Waals surface area contributed by atoms with Crippen LogP contribution in [0.25, 0.3) is 100.0 Å². The van der Waals surface area contributed by atoms with E-state index in [9.17, 15) is 0 Å². The molecular weight excluding hydrogens is 763 g/mol. The molecule has 63 heavy (non-hydrogen) atoms. The van der Waals surface area contributed by atoms with Crippen molar-refractivity contribution >= 4 is 38.3 Å². The number of nitrogens with zero attached hydrogens (tertiary/aromatic N) is 3. The van der Waals surface area contributed by atoms with Crippen LogP contribution in [0.2, 0.25) is 0 Å². The van der Waals surface area contributed by atoms with Crippen LogP contribution in [0.3, 0.4) is 0 Å². The number of hydrogen-bond donors (Lipinski definition) is 0. The largest absolute Gasteiger partial charge is 0.277 e. The van der Waals surface area contributed by atoms with E-state index >= 15 is 0 Å². The molecule has 0 amide bonds. The lowest BCUT2D eigenvalue weighted by atomic mass is 9.80. The Labute approximate surface area is 367 Å². The van der Waals surface area contributed by atoms with Crippen LogP contribution < -0.4 is 0 Å². The minimum atomic E-state index is -0.0686. The Balaban J connectivity index is 1.05. The highest BCUT2D eigenvalue weighted by Crippen LogP contribution is 2.49. The van der Waals surface area contributed by atoms with E-state index in [4.69, 9.17) is 9.97 Å². The summed E-state index contributed by atoms with van der Waals surface area (Å²) in [5.41, 5.74) is 19.8. The van der Waals surface area contributed by atoms with Crippen molar-refractivity contribution in [1.82, 2.24) is 14.5 Å². The maximum atomic E-state index is 5.43. The Bertz CT molecular complexity index is 3550. The lowest BCUT2D eigenvalue weighted by Gasteiger charge is -2.23. The van der Waals surface area contributed by atoms with Crippen molar-refractivity contribution in [2.24, 2.45) is 0 Å². The average molecular weight is 806 g/mol. The Morgan fingerprint density at radius 1 is 0.444 bits per heavy atom. The van der Waals surface area contributed by atoms with Gasteiger partial charge in [-0.05, 0) is 110 Å². The van der Waals surface area contributed by atoms with E-state index in [1.54, 1.807) is 0 Å². The first-order valence-corrected chi connectivity index (χ1v) is 21.9. The molecule has 10 aromatic rings. The molecule has 0 fully saturated rings. The first-order chi connectivity index (χ1) is 31.0. The van der Waals surface area contributed by atoms with Crippen LogP contribution in [-0.4, -0.2) is 14.5 Å². The van der Waals surface area contributed by atoms with Gasteiger partial charge in [-0.3, -0.25) is 4.57 Å². The zero-order valence-corrected chi connectivity index (χ0v) is 35.3. The van der Waals surface area contributed by atoms with Gasteiger partial charge in [0.25, 0.3) is 0 Å². The molecule has 0 bridgehead atoms. The van der Waals surface area contributed by atoms with Crippen molar-refractivity contribution in [2.75, 3.05) is 0 Å². The summed E-state index contributed by atoms with van der Waals surface area (Å²) in [6.07, 6.45) is 10.2. The molecule has 298 valence electrons. The second-order valence-corrected chi connectivity index (χ2v) is 17.3. The Morgan fingerprint density at radius 2 is 1.06 bits per heavy atom. The molecule has 2 aromatic heterocycles. The van der Waals surface area contributed by atoms with Gasteiger partial charge in [0.2, 0.25) is 5.95 Å². The fourth-order valence-corrected chi connectivity index (χ4v) is 10.1. The van der Waals surface area contributed by atoms with Crippen molar-refractivity contribution in [3.05, 3.63) is 229 Å². The van der Waals surface area contributed by atoms with Crippen LogP contribution >= 0.6 is 0 Å². The molecule has 0 atom stereocenters. The van der Waals surface area contributed by atoms with Gasteiger partial charge in [0.1, 0.15) is 0 Å². The van der Waals surface area contributed by atoms with E-state index in [0.717, 1.165) is 72.6 Å². The van der Waals surface area contributed by atoms with Gasteiger partial charge in [0, 0.05) is 32.7 Å². The van der Waals surface area contributed by atoms with Gasteiger partial charge in [-0.15, -0.1) is 0 Å². The van der Waals surface area contributed by atoms with Crippen LogP contribution in [0.1, 0.15) is 31.4 Å². The third-order valence-electron chi connectivity index (χ3n) is 13.2. The fraction of sp³-hybridized carbons (Fsp3) is 0.0667. The first-order valence-electron chi connectivity index (χ1n) is 21.9. The molecule has 8 aromatic carbocycles. The Hall–Kier alpha value is -7.88. The van der Waals surface area contributed by atoms with Crippen molar-refractivity contribution < 1.29 is 0 Å². The van der Waals surface area contributed by atoms with Crippen LogP contribution in [0.5, 0.6) is 0 Å². The molecule has 0 saturated carbocycles. The number of rotatable bonds is 6. The highest BCUT2D eigenvalue weighted by atomic mass is 15.2. The van der Waals surface area contributed by atoms with Gasteiger partial charge in [0.15, 0.2) is 0 Å². The summed E-state index contributed by atoms with van der Waals surface area (Å²) < 4.78 is 2.29. The number of benzene rings is 8. The minimum absolute atomic E-state index is 0.0686. The van der Waals surface area contributed by atoms with E-state index < -0.39 is 0 Å². The SMILES string of the molecule is CC1(C)C2=C(C=CCC=C2)c2ccc(-c3cccc(-c4cccc(-c5cc(-c6ccccc6)cc6c7ccccc7n(-c7nc(-c8ccccc8)c8ccccc8n7)c56)c4)c3)cc21. The lowest BCUT2D eigenvalue weighted by Crippen LogP contribution is -2.16. The molecule has 2 heterocycles. The van der Waals surface area contributed by atoms with Gasteiger partial charge in [0.05, 0.1) is 22.2 Å². The maximum Gasteiger partial charge on any atom is 0.235 e. The van der Waals surface area contributed by atoms with E-state index in [-0.39, 0.29) is 5.41 Å². The summed E-state index contributed by atoms with van der Waals surface area (Å²) in [6, 6.07) is 68.0. The molecule has 0 radical (unpaired) electrons. The van der Waals surface area contributed by atoms with Crippen molar-refractivity contribution in [2.45, 2.75) is 25.7 Å². The van der Waals surface area contributed by atoms with Crippen molar-refractivity contribution in [3.8, 4) is 61.7 Å². The molecule has 0 N–H and O–H groups in total. The zero-order valence-electron chi connectivity index (χ0n) is 35.3. The molecule has 0 aliphatic heterocycles. The maximum absolute atomic E-state index is 5.43. The van der Waals surface area contributed by atoms with Gasteiger partial charge in [-0.25, -0.2) is 9.97 Å². The normalized spacial score (nSPS) is 14.1. The van der Waals surface area contributed by atoms with Crippen LogP contribution in [0.15, 0.2) is 218 Å². The molecule has 2 aliphatic carbocycles. The fourth-order valence-electron chi connectivity index (χ4n) is 10.1. The standard InChI is InChI=1S/C60H43N3/c1-60(2)53-29-11-5-10-26-47(53)48-33-32-44(38-54(48)60)42-23-16-22-41(34-42)43-24-17-25-45(35-43)51-36-46(39-18-6-3-7-19-39)37-52-49-27-13-15-31-56(49)63(58(51)52)59-61-55-30-14-12-28-50(55)57(62-59)40-20-8-4-9-21-40/h3-4,6-38H,5H2,1-2H3. The van der Waals surface area contributed by atoms with Crippen molar-refractivity contribution in [3.63, 3.8) is 0 Å². The highest BCUT2D eigenvalue weighted by Gasteiger charge is 2.36. The second-order valence-electron chi connectivity index (χ2n) is 17.3. The predicted octanol–water partition coefficient (Wildman–Crippen LogP) is 15.6. The minimum Gasteiger partial charge on any atom is -0.277 e. The number of para-hydroxylation sites is 2. The third kappa shape index (κ3) is 6.11. The van der Waals surface area contributed by atoms with Crippen LogP contribution in [0, 0.1) is 0 Å². The molecular formula is C60H43N3. The van der Waals surface area contributed by atoms with Gasteiger partial charge in [-0.1, -0.05) is 184 Å². The highest BCUT2D eigenvalue weighted by molar-refractivity contribution is 6.15. The molecule has 3 nitrogen and oxygen atoms in total. The summed E-state index contributed by atoms with van der Waals surface area (Å²) in [6.45, 7) is 4.72. The van der Waals surface area contributed by atoms with E-state index in [1.165, 1.54) is 44.5 Å². The number of aromatic nitrogens is 3. The van der Waals surface area contributed by atoms with Gasteiger partial charge >= 0.3 is 0 Å². The van der Waals surface area contributed by atoms with Crippen LogP contribution in [0.4, 0.5) is 0 Å². The molecule has 3 heteroatoms. The average Bonchev–Trinajstić information content (AvgIpc) is 3.62. The quantitative estimate of drug-likeness (QED) is 0.168. The lowest BCUT2D eigenvalue weighted by molar-refractivity contribution is 0.654. The van der Waals surface area contributed by atoms with Gasteiger partial charge < -0.3 is 0 Å². The summed E-state index contributed by atoms with van der Waals surface area (Å²) in [5, 5.41) is 3.34. The molecule has 12 rings (SSSR count). The summed E-state index contributed by atoms with van der Waals surface area (Å²) in [4.78, 5) is 10.8. The number of allylic oxidation sites excluding steroid dienone is 6. The second kappa shape index (κ2) is 14.6. The van der Waals surface area contributed by atoms with Gasteiger partial charge in [-0.2, -0.15) is 0 Å². The van der Waals surface area contributed by atoms with Crippen LogP contribution in [-0.2, 0) is 5.41 Å². The Kier molecular flexibility index (Phi) is 8.58. The summed E-state index contributed by atoms with van der Waals surface area (Å²) in [5.74, 6) is 0.646. The summed E-state index contributed by atoms with van der Waals surface area (Å²) >= 11 is 0. The summed E-state index contributed by atoms with van der Waals surface area (Å²) in [7, 11) is 0. The molecule has 0 unspecified atom stereocenters. The Morgan fingerprint density at radius 3 is 1.84 bits per heavy atom.